The summed E-state index contributed by atoms with van der Waals surface area (Å²) in [4.78, 5) is 14.0. The molecule has 0 saturated carbocycles. The van der Waals surface area contributed by atoms with Gasteiger partial charge in [-0.3, -0.25) is 4.79 Å². The summed E-state index contributed by atoms with van der Waals surface area (Å²) in [6.07, 6.45) is 2.87. The Kier molecular flexibility index (Phi) is 9.09. The number of Topliss-reactive ketones (excluding diaryl/α,β-unsaturated/α-hetero) is 1. The monoisotopic (exact) mass is 296 g/mol. The van der Waals surface area contributed by atoms with E-state index >= 15 is 0 Å². The lowest BCUT2D eigenvalue weighted by Crippen LogP contribution is -2.35. The summed E-state index contributed by atoms with van der Waals surface area (Å²) in [5, 5.41) is 0. The molecule has 0 aromatic heterocycles. The second-order valence-corrected chi connectivity index (χ2v) is 10.0. The molecule has 114 valence electrons. The molecule has 0 N–H and O–H groups in total. The van der Waals surface area contributed by atoms with E-state index in [-0.39, 0.29) is 5.78 Å². The van der Waals surface area contributed by atoms with E-state index in [1.807, 2.05) is 0 Å². The third-order valence-corrected chi connectivity index (χ3v) is 8.40. The number of hydrogen-bond acceptors (Lipinski definition) is 2. The zero-order valence-corrected chi connectivity index (χ0v) is 14.5. The van der Waals surface area contributed by atoms with Gasteiger partial charge in [-0.2, -0.15) is 4.79 Å². The molecule has 0 saturated heterocycles. The first kappa shape index (κ1) is 18.8. The molecular weight excluding hydrogens is 268 g/mol. The van der Waals surface area contributed by atoms with Crippen LogP contribution in [0.1, 0.15) is 53.9 Å². The molecule has 0 amide bonds. The Balaban J connectivity index is 4.65. The van der Waals surface area contributed by atoms with Crippen molar-refractivity contribution in [1.29, 1.82) is 0 Å². The van der Waals surface area contributed by atoms with Crippen LogP contribution >= 0.6 is 0 Å². The Bertz CT molecular complexity index is 382. The Morgan fingerprint density at radius 1 is 1.15 bits per heavy atom. The lowest BCUT2D eigenvalue weighted by molar-refractivity contribution is -0.116. The quantitative estimate of drug-likeness (QED) is 0.198. The molecule has 0 spiro atoms. The minimum atomic E-state index is -1.64. The predicted octanol–water partition coefficient (Wildman–Crippen LogP) is 4.34. The van der Waals surface area contributed by atoms with Gasteiger partial charge in [-0.15, -0.1) is 0 Å². The minimum absolute atomic E-state index is 0.148. The van der Waals surface area contributed by atoms with Crippen molar-refractivity contribution in [3.63, 3.8) is 0 Å². The summed E-state index contributed by atoms with van der Waals surface area (Å²) in [5.41, 5.74) is 9.50. The van der Waals surface area contributed by atoms with Gasteiger partial charge in [0.2, 0.25) is 14.1 Å². The summed E-state index contributed by atoms with van der Waals surface area (Å²) in [5.74, 6) is 0.904. The van der Waals surface area contributed by atoms with Crippen molar-refractivity contribution in [3.05, 3.63) is 16.9 Å². The van der Waals surface area contributed by atoms with Crippen LogP contribution in [0.4, 0.5) is 0 Å². The van der Waals surface area contributed by atoms with Crippen LogP contribution in [0.5, 0.6) is 0 Å². The highest BCUT2D eigenvalue weighted by Gasteiger charge is 2.31. The molecule has 0 aliphatic carbocycles. The zero-order chi connectivity index (χ0) is 15.6. The number of allylic oxidation sites excluding steroid dienone is 2. The van der Waals surface area contributed by atoms with E-state index in [9.17, 15) is 4.79 Å². The lowest BCUT2D eigenvalue weighted by atomic mass is 10.1. The van der Waals surface area contributed by atoms with Gasteiger partial charge in [-0.05, 0) is 44.0 Å². The van der Waals surface area contributed by atoms with Crippen LogP contribution in [0.3, 0.4) is 0 Å². The Morgan fingerprint density at radius 3 is 2.10 bits per heavy atom. The van der Waals surface area contributed by atoms with E-state index in [0.717, 1.165) is 42.9 Å². The average Bonchev–Trinajstić information content (AvgIpc) is 2.43. The minimum Gasteiger partial charge on any atom is -0.547 e. The van der Waals surface area contributed by atoms with Crippen molar-refractivity contribution in [1.82, 2.24) is 0 Å². The van der Waals surface area contributed by atoms with Gasteiger partial charge in [-0.25, -0.2) is 0 Å². The van der Waals surface area contributed by atoms with Gasteiger partial charge in [0.15, 0.2) is 0 Å². The van der Waals surface area contributed by atoms with Gasteiger partial charge in [0, 0.05) is 12.8 Å². The molecule has 0 aliphatic rings. The Morgan fingerprint density at radius 2 is 1.70 bits per heavy atom. The van der Waals surface area contributed by atoms with E-state index in [1.54, 1.807) is 0 Å². The van der Waals surface area contributed by atoms with Crippen LogP contribution in [0.2, 0.25) is 18.1 Å². The highest BCUT2D eigenvalue weighted by atomic mass is 28.4. The van der Waals surface area contributed by atoms with Crippen LogP contribution in [0, 0.1) is 0 Å². The van der Waals surface area contributed by atoms with Crippen LogP contribution in [0.25, 0.3) is 5.53 Å². The SMILES string of the molecule is CC[Si](CC)(CC)OC(CCCC(=O)C=[N+]=[N-])=C(C)C. The summed E-state index contributed by atoms with van der Waals surface area (Å²) in [6, 6.07) is 3.35. The molecule has 0 heterocycles. The second kappa shape index (κ2) is 9.67. The van der Waals surface area contributed by atoms with Gasteiger partial charge < -0.3 is 9.96 Å². The predicted molar refractivity (Wildman–Crippen MR) is 85.2 cm³/mol. The van der Waals surface area contributed by atoms with Crippen LogP contribution in [-0.4, -0.2) is 25.1 Å². The fourth-order valence-corrected chi connectivity index (χ4v) is 4.94. The van der Waals surface area contributed by atoms with E-state index in [4.69, 9.17) is 9.96 Å². The third kappa shape index (κ3) is 6.31. The topological polar surface area (TPSA) is 62.7 Å². The molecule has 0 aromatic carbocycles. The standard InChI is InChI=1S/C15H28N2O2Si/c1-6-20(7-2,8-3)19-15(13(4)5)11-9-10-14(18)12-17-16/h12H,6-11H2,1-5H3. The lowest BCUT2D eigenvalue weighted by Gasteiger charge is -2.31. The maximum Gasteiger partial charge on any atom is 0.323 e. The zero-order valence-electron chi connectivity index (χ0n) is 13.5. The first-order chi connectivity index (χ1) is 9.44. The van der Waals surface area contributed by atoms with Crippen molar-refractivity contribution < 1.29 is 14.0 Å². The second-order valence-electron chi connectivity index (χ2n) is 5.33. The van der Waals surface area contributed by atoms with Crippen LogP contribution in [0.15, 0.2) is 11.3 Å². The van der Waals surface area contributed by atoms with Gasteiger partial charge in [0.1, 0.15) is 0 Å². The fraction of sp³-hybridized carbons (Fsp3) is 0.733. The highest BCUT2D eigenvalue weighted by molar-refractivity contribution is 6.73. The largest absolute Gasteiger partial charge is 0.547 e. The first-order valence-corrected chi connectivity index (χ1v) is 10.0. The van der Waals surface area contributed by atoms with Crippen molar-refractivity contribution in [2.75, 3.05) is 0 Å². The maximum atomic E-state index is 11.3. The number of carbonyl (C=O) groups is 1. The summed E-state index contributed by atoms with van der Waals surface area (Å²) in [6.45, 7) is 10.8. The molecule has 20 heavy (non-hydrogen) atoms. The molecule has 0 unspecified atom stereocenters. The number of nitrogens with zero attached hydrogens (tertiary/aromatic N) is 2. The van der Waals surface area contributed by atoms with Gasteiger partial charge in [0.05, 0.1) is 5.76 Å². The third-order valence-electron chi connectivity index (χ3n) is 3.86. The van der Waals surface area contributed by atoms with Gasteiger partial charge >= 0.3 is 6.21 Å². The van der Waals surface area contributed by atoms with Crippen molar-refractivity contribution >= 4 is 20.3 Å². The molecule has 5 heteroatoms. The van der Waals surface area contributed by atoms with Gasteiger partial charge in [-0.1, -0.05) is 20.8 Å². The molecule has 0 aromatic rings. The molecule has 0 bridgehead atoms. The highest BCUT2D eigenvalue weighted by Crippen LogP contribution is 2.28. The molecule has 0 rings (SSSR count). The number of hydrogen-bond donors (Lipinski definition) is 0. The number of ketones is 1. The Labute approximate surface area is 124 Å². The van der Waals surface area contributed by atoms with Crippen molar-refractivity contribution in [2.45, 2.75) is 72.0 Å². The number of carbonyl (C=O) groups excluding carboxylic acids is 1. The Hall–Kier alpha value is -1.19. The van der Waals surface area contributed by atoms with E-state index in [1.165, 1.54) is 5.57 Å². The molecule has 0 radical (unpaired) electrons. The molecule has 0 fully saturated rings. The molecular formula is C15H28N2O2Si. The smallest absolute Gasteiger partial charge is 0.323 e. The summed E-state index contributed by atoms with van der Waals surface area (Å²) >= 11 is 0. The van der Waals surface area contributed by atoms with E-state index in [0.29, 0.717) is 6.42 Å². The maximum absolute atomic E-state index is 11.3. The number of rotatable bonds is 10. The van der Waals surface area contributed by atoms with E-state index in [2.05, 4.69) is 39.4 Å². The van der Waals surface area contributed by atoms with Crippen molar-refractivity contribution in [3.8, 4) is 0 Å². The fourth-order valence-electron chi connectivity index (χ4n) is 2.18. The van der Waals surface area contributed by atoms with Crippen molar-refractivity contribution in [2.24, 2.45) is 0 Å². The normalized spacial score (nSPS) is 10.7. The average molecular weight is 296 g/mol. The molecule has 0 aliphatic heterocycles. The summed E-state index contributed by atoms with van der Waals surface area (Å²) in [7, 11) is -1.64. The van der Waals surface area contributed by atoms with Crippen LogP contribution < -0.4 is 0 Å². The first-order valence-electron chi connectivity index (χ1n) is 7.50. The molecule has 0 atom stereocenters. The van der Waals surface area contributed by atoms with Gasteiger partial charge in [0.25, 0.3) is 0 Å². The molecule has 4 nitrogen and oxygen atoms in total. The summed E-state index contributed by atoms with van der Waals surface area (Å²) < 4.78 is 6.41. The van der Waals surface area contributed by atoms with E-state index < -0.39 is 8.32 Å². The van der Waals surface area contributed by atoms with Crippen LogP contribution in [-0.2, 0) is 9.22 Å².